The first-order valence-corrected chi connectivity index (χ1v) is 9.00. The van der Waals surface area contributed by atoms with Gasteiger partial charge in [-0.1, -0.05) is 25.7 Å². The van der Waals surface area contributed by atoms with E-state index in [1.807, 2.05) is 0 Å². The maximum atomic E-state index is 12.1. The lowest BCUT2D eigenvalue weighted by Gasteiger charge is -2.26. The van der Waals surface area contributed by atoms with Crippen molar-refractivity contribution in [1.82, 2.24) is 5.32 Å². The van der Waals surface area contributed by atoms with Gasteiger partial charge in [0.1, 0.15) is 0 Å². The second-order valence-electron chi connectivity index (χ2n) is 5.80. The van der Waals surface area contributed by atoms with Gasteiger partial charge < -0.3 is 10.4 Å². The van der Waals surface area contributed by atoms with Crippen LogP contribution in [0.2, 0.25) is 0 Å². The smallest absolute Gasteiger partial charge is 0.251 e. The van der Waals surface area contributed by atoms with Gasteiger partial charge in [0, 0.05) is 34.1 Å². The van der Waals surface area contributed by atoms with E-state index >= 15 is 0 Å². The molecule has 1 aliphatic rings. The van der Waals surface area contributed by atoms with E-state index in [2.05, 4.69) is 5.32 Å². The summed E-state index contributed by atoms with van der Waals surface area (Å²) in [5, 5.41) is 13.3. The van der Waals surface area contributed by atoms with Crippen LogP contribution in [0.5, 0.6) is 0 Å². The van der Waals surface area contributed by atoms with Crippen LogP contribution in [0.1, 0.15) is 48.9 Å². The van der Waals surface area contributed by atoms with Crippen LogP contribution in [-0.2, 0) is 10.8 Å². The molecule has 4 nitrogen and oxygen atoms in total. The molecule has 1 atom stereocenters. The second-order valence-corrected chi connectivity index (χ2v) is 7.18. The Labute approximate surface area is 128 Å². The minimum atomic E-state index is -1.04. The number of nitrogens with one attached hydrogen (secondary N) is 1. The lowest BCUT2D eigenvalue weighted by Crippen LogP contribution is -2.42. The Morgan fingerprint density at radius 3 is 2.29 bits per heavy atom. The molecule has 2 N–H and O–H groups in total. The molecule has 0 aromatic heterocycles. The van der Waals surface area contributed by atoms with Crippen LogP contribution < -0.4 is 5.32 Å². The average molecular weight is 309 g/mol. The highest BCUT2D eigenvalue weighted by atomic mass is 32.2. The number of rotatable bonds is 4. The van der Waals surface area contributed by atoms with Gasteiger partial charge in [0.25, 0.3) is 5.91 Å². The largest absolute Gasteiger partial charge is 0.388 e. The van der Waals surface area contributed by atoms with Gasteiger partial charge in [0.05, 0.1) is 5.60 Å². The molecule has 0 heterocycles. The lowest BCUT2D eigenvalue weighted by atomic mass is 9.94. The minimum absolute atomic E-state index is 0.193. The van der Waals surface area contributed by atoms with Crippen molar-refractivity contribution in [2.75, 3.05) is 12.8 Å². The van der Waals surface area contributed by atoms with Crippen LogP contribution in [0.25, 0.3) is 0 Å². The molecular formula is C16H23NO3S. The van der Waals surface area contributed by atoms with E-state index in [-0.39, 0.29) is 5.91 Å². The SMILES string of the molecule is CS(=O)c1ccc(C(=O)NCC2(O)CCCCCC2)cc1. The van der Waals surface area contributed by atoms with Crippen LogP contribution in [0.3, 0.4) is 0 Å². The van der Waals surface area contributed by atoms with Crippen LogP contribution >= 0.6 is 0 Å². The predicted octanol–water partition coefficient (Wildman–Crippen LogP) is 2.24. The molecule has 0 aliphatic heterocycles. The molecule has 0 bridgehead atoms. The summed E-state index contributed by atoms with van der Waals surface area (Å²) in [6, 6.07) is 6.74. The van der Waals surface area contributed by atoms with E-state index in [1.54, 1.807) is 30.5 Å². The van der Waals surface area contributed by atoms with Gasteiger partial charge in [-0.15, -0.1) is 0 Å². The Bertz CT molecular complexity index is 505. The quantitative estimate of drug-likeness (QED) is 0.838. The van der Waals surface area contributed by atoms with Crippen molar-refractivity contribution in [3.05, 3.63) is 29.8 Å². The van der Waals surface area contributed by atoms with Crippen molar-refractivity contribution in [3.63, 3.8) is 0 Å². The first-order chi connectivity index (χ1) is 10.0. The Morgan fingerprint density at radius 2 is 1.76 bits per heavy atom. The van der Waals surface area contributed by atoms with E-state index in [1.165, 1.54) is 0 Å². The zero-order chi connectivity index (χ0) is 15.3. The van der Waals surface area contributed by atoms with Crippen molar-refractivity contribution in [2.45, 2.75) is 49.0 Å². The van der Waals surface area contributed by atoms with Crippen molar-refractivity contribution >= 4 is 16.7 Å². The minimum Gasteiger partial charge on any atom is -0.388 e. The van der Waals surface area contributed by atoms with E-state index in [4.69, 9.17) is 0 Å². The number of hydrogen-bond acceptors (Lipinski definition) is 3. The number of amides is 1. The summed E-state index contributed by atoms with van der Waals surface area (Å²) in [6.45, 7) is 0.299. The van der Waals surface area contributed by atoms with Crippen molar-refractivity contribution in [1.29, 1.82) is 0 Å². The maximum Gasteiger partial charge on any atom is 0.251 e. The molecule has 0 radical (unpaired) electrons. The highest BCUT2D eigenvalue weighted by Crippen LogP contribution is 2.26. The van der Waals surface area contributed by atoms with Gasteiger partial charge in [0.2, 0.25) is 0 Å². The zero-order valence-corrected chi connectivity index (χ0v) is 13.2. The Hall–Kier alpha value is -1.20. The summed E-state index contributed by atoms with van der Waals surface area (Å²) in [5.74, 6) is -0.193. The molecule has 1 unspecified atom stereocenters. The standard InChI is InChI=1S/C16H23NO3S/c1-21(20)14-8-6-13(7-9-14)15(18)17-12-16(19)10-4-2-3-5-11-16/h6-9,19H,2-5,10-12H2,1H3,(H,17,18). The Kier molecular flexibility index (Phi) is 5.53. The van der Waals surface area contributed by atoms with Gasteiger partial charge in [0.15, 0.2) is 0 Å². The van der Waals surface area contributed by atoms with E-state index in [0.29, 0.717) is 17.0 Å². The van der Waals surface area contributed by atoms with Gasteiger partial charge in [-0.05, 0) is 37.1 Å². The molecule has 1 saturated carbocycles. The second kappa shape index (κ2) is 7.18. The molecule has 2 rings (SSSR count). The molecule has 1 aromatic rings. The number of aliphatic hydroxyl groups is 1. The van der Waals surface area contributed by atoms with Gasteiger partial charge in [-0.3, -0.25) is 9.00 Å². The maximum absolute atomic E-state index is 12.1. The summed E-state index contributed by atoms with van der Waals surface area (Å²) in [7, 11) is -1.04. The fourth-order valence-electron chi connectivity index (χ4n) is 2.71. The predicted molar refractivity (Wildman–Crippen MR) is 83.8 cm³/mol. The average Bonchev–Trinajstić information content (AvgIpc) is 2.70. The van der Waals surface area contributed by atoms with Crippen molar-refractivity contribution in [2.24, 2.45) is 0 Å². The van der Waals surface area contributed by atoms with Crippen molar-refractivity contribution in [3.8, 4) is 0 Å². The van der Waals surface area contributed by atoms with Gasteiger partial charge in [-0.25, -0.2) is 0 Å². The molecular weight excluding hydrogens is 286 g/mol. The Balaban J connectivity index is 1.93. The topological polar surface area (TPSA) is 66.4 Å². The lowest BCUT2D eigenvalue weighted by molar-refractivity contribution is 0.0246. The molecule has 5 heteroatoms. The third-order valence-electron chi connectivity index (χ3n) is 4.06. The summed E-state index contributed by atoms with van der Waals surface area (Å²) in [6.07, 6.45) is 7.46. The molecule has 1 aliphatic carbocycles. The van der Waals surface area contributed by atoms with Crippen molar-refractivity contribution < 1.29 is 14.1 Å². The van der Waals surface area contributed by atoms with Crippen LogP contribution in [-0.4, -0.2) is 33.6 Å². The van der Waals surface area contributed by atoms with E-state index in [9.17, 15) is 14.1 Å². The Morgan fingerprint density at radius 1 is 1.19 bits per heavy atom. The van der Waals surface area contributed by atoms with E-state index in [0.717, 1.165) is 38.5 Å². The third-order valence-corrected chi connectivity index (χ3v) is 5.00. The van der Waals surface area contributed by atoms with E-state index < -0.39 is 16.4 Å². The molecule has 21 heavy (non-hydrogen) atoms. The molecule has 0 saturated heterocycles. The zero-order valence-electron chi connectivity index (χ0n) is 12.4. The highest BCUT2D eigenvalue weighted by molar-refractivity contribution is 7.84. The summed E-state index contributed by atoms with van der Waals surface area (Å²) < 4.78 is 11.3. The number of carbonyl (C=O) groups is 1. The molecule has 1 fully saturated rings. The van der Waals surface area contributed by atoms with Crippen LogP contribution in [0.4, 0.5) is 0 Å². The molecule has 116 valence electrons. The van der Waals surface area contributed by atoms with Gasteiger partial charge in [-0.2, -0.15) is 0 Å². The normalized spacial score (nSPS) is 19.5. The summed E-state index contributed by atoms with van der Waals surface area (Å²) >= 11 is 0. The van der Waals surface area contributed by atoms with Crippen LogP contribution in [0, 0.1) is 0 Å². The number of benzene rings is 1. The number of hydrogen-bond donors (Lipinski definition) is 2. The van der Waals surface area contributed by atoms with Crippen LogP contribution in [0.15, 0.2) is 29.2 Å². The molecule has 1 aromatic carbocycles. The van der Waals surface area contributed by atoms with Gasteiger partial charge >= 0.3 is 0 Å². The highest BCUT2D eigenvalue weighted by Gasteiger charge is 2.28. The molecule has 1 amide bonds. The summed E-state index contributed by atoms with van der Waals surface area (Å²) in [4.78, 5) is 12.8. The molecule has 0 spiro atoms. The first kappa shape index (κ1) is 16.2. The third kappa shape index (κ3) is 4.64. The monoisotopic (exact) mass is 309 g/mol. The fraction of sp³-hybridized carbons (Fsp3) is 0.562. The summed E-state index contributed by atoms with van der Waals surface area (Å²) in [5.41, 5.74) is -0.238. The first-order valence-electron chi connectivity index (χ1n) is 7.44. The fourth-order valence-corrected chi connectivity index (χ4v) is 3.23. The number of carbonyl (C=O) groups excluding carboxylic acids is 1.